The number of esters is 1. The molecule has 2 N–H and O–H groups in total. The van der Waals surface area contributed by atoms with E-state index in [-0.39, 0.29) is 28.6 Å². The molecule has 4 rings (SSSR count). The summed E-state index contributed by atoms with van der Waals surface area (Å²) in [6, 6.07) is 19.4. The van der Waals surface area contributed by atoms with E-state index in [1.807, 2.05) is 13.0 Å². The molecule has 0 radical (unpaired) electrons. The van der Waals surface area contributed by atoms with E-state index in [4.69, 9.17) is 19.9 Å². The Hall–Kier alpha value is -4.84. The van der Waals surface area contributed by atoms with Gasteiger partial charge in [0, 0.05) is 23.8 Å². The van der Waals surface area contributed by atoms with Gasteiger partial charge in [0.25, 0.3) is 5.69 Å². The van der Waals surface area contributed by atoms with Crippen molar-refractivity contribution in [2.24, 2.45) is 5.73 Å². The SMILES string of the molecule is CCCOc1ccc(C(=O)Oc2ccc3c(c2)OC(N)=C(C#N)[C@H]3c2cccc([N+](=O)[O-])c2)cc1. The number of fused-ring (bicyclic) bond motifs is 1. The molecule has 3 aromatic rings. The number of hydrogen-bond donors (Lipinski definition) is 1. The summed E-state index contributed by atoms with van der Waals surface area (Å²) >= 11 is 0. The molecule has 0 amide bonds. The number of hydrogen-bond acceptors (Lipinski definition) is 8. The lowest BCUT2D eigenvalue weighted by atomic mass is 9.83. The van der Waals surface area contributed by atoms with Gasteiger partial charge >= 0.3 is 5.97 Å². The molecule has 3 aromatic carbocycles. The normalized spacial score (nSPS) is 14.3. The molecular formula is C26H21N3O6. The lowest BCUT2D eigenvalue weighted by molar-refractivity contribution is -0.384. The molecule has 1 aliphatic rings. The highest BCUT2D eigenvalue weighted by Gasteiger charge is 2.32. The number of carbonyl (C=O) groups is 1. The van der Waals surface area contributed by atoms with Crippen LogP contribution in [0.5, 0.6) is 17.2 Å². The number of nitrogens with two attached hydrogens (primary N) is 1. The first-order valence-corrected chi connectivity index (χ1v) is 10.8. The Morgan fingerprint density at radius 1 is 1.14 bits per heavy atom. The van der Waals surface area contributed by atoms with Crippen LogP contribution >= 0.6 is 0 Å². The molecule has 1 aliphatic heterocycles. The molecular weight excluding hydrogens is 450 g/mol. The fourth-order valence-electron chi connectivity index (χ4n) is 3.73. The fourth-order valence-corrected chi connectivity index (χ4v) is 3.73. The van der Waals surface area contributed by atoms with Gasteiger partial charge < -0.3 is 19.9 Å². The van der Waals surface area contributed by atoms with Gasteiger partial charge in [-0.3, -0.25) is 10.1 Å². The van der Waals surface area contributed by atoms with Crippen molar-refractivity contribution >= 4 is 11.7 Å². The summed E-state index contributed by atoms with van der Waals surface area (Å²) in [5, 5.41) is 20.9. The maximum absolute atomic E-state index is 12.6. The minimum absolute atomic E-state index is 0.108. The van der Waals surface area contributed by atoms with Gasteiger partial charge in [-0.2, -0.15) is 5.26 Å². The van der Waals surface area contributed by atoms with Crippen molar-refractivity contribution < 1.29 is 23.9 Å². The average molecular weight is 471 g/mol. The van der Waals surface area contributed by atoms with Crippen molar-refractivity contribution in [3.63, 3.8) is 0 Å². The number of non-ortho nitro benzene ring substituents is 1. The van der Waals surface area contributed by atoms with Crippen molar-refractivity contribution in [3.05, 3.63) is 105 Å². The summed E-state index contributed by atoms with van der Waals surface area (Å²) < 4.78 is 16.7. The Morgan fingerprint density at radius 3 is 2.57 bits per heavy atom. The molecule has 0 aromatic heterocycles. The molecule has 0 saturated heterocycles. The zero-order valence-electron chi connectivity index (χ0n) is 18.8. The Bertz CT molecular complexity index is 1360. The van der Waals surface area contributed by atoms with Crippen molar-refractivity contribution in [3.8, 4) is 23.3 Å². The van der Waals surface area contributed by atoms with Gasteiger partial charge in [0.1, 0.15) is 28.9 Å². The molecule has 9 heteroatoms. The number of allylic oxidation sites excluding steroid dienone is 1. The van der Waals surface area contributed by atoms with Crippen molar-refractivity contribution in [1.82, 2.24) is 0 Å². The molecule has 9 nitrogen and oxygen atoms in total. The van der Waals surface area contributed by atoms with E-state index in [2.05, 4.69) is 0 Å². The summed E-state index contributed by atoms with van der Waals surface area (Å²) in [4.78, 5) is 23.4. The summed E-state index contributed by atoms with van der Waals surface area (Å²) in [7, 11) is 0. The van der Waals surface area contributed by atoms with Crippen LogP contribution in [0.1, 0.15) is 40.7 Å². The second-order valence-electron chi connectivity index (χ2n) is 7.74. The maximum atomic E-state index is 12.6. The molecule has 0 bridgehead atoms. The zero-order chi connectivity index (χ0) is 24.9. The lowest BCUT2D eigenvalue weighted by Crippen LogP contribution is -2.21. The number of carbonyl (C=O) groups excluding carboxylic acids is 1. The summed E-state index contributed by atoms with van der Waals surface area (Å²) in [5.41, 5.74) is 7.44. The summed E-state index contributed by atoms with van der Waals surface area (Å²) in [6.45, 7) is 2.59. The zero-order valence-corrected chi connectivity index (χ0v) is 18.8. The molecule has 0 fully saturated rings. The first-order chi connectivity index (χ1) is 16.9. The molecule has 0 spiro atoms. The van der Waals surface area contributed by atoms with E-state index in [0.717, 1.165) is 6.42 Å². The minimum atomic E-state index is -0.677. The standard InChI is InChI=1S/C26H21N3O6/c1-2-12-33-19-8-6-16(7-9-19)26(30)34-20-10-11-21-23(14-20)35-25(28)22(15-27)24(21)17-4-3-5-18(13-17)29(31)32/h3-11,13-14,24H,2,12,28H2,1H3/t24-/m0/s1. The monoisotopic (exact) mass is 471 g/mol. The second kappa shape index (κ2) is 9.97. The third kappa shape index (κ3) is 4.91. The van der Waals surface area contributed by atoms with Crippen LogP contribution in [-0.4, -0.2) is 17.5 Å². The summed E-state index contributed by atoms with van der Waals surface area (Å²) in [6.07, 6.45) is 0.877. The molecule has 0 unspecified atom stereocenters. The van der Waals surface area contributed by atoms with E-state index in [1.165, 1.54) is 18.2 Å². The second-order valence-corrected chi connectivity index (χ2v) is 7.74. The van der Waals surface area contributed by atoms with Crippen molar-refractivity contribution in [2.45, 2.75) is 19.3 Å². The van der Waals surface area contributed by atoms with E-state index in [0.29, 0.717) is 29.0 Å². The highest BCUT2D eigenvalue weighted by Crippen LogP contribution is 2.44. The van der Waals surface area contributed by atoms with Gasteiger partial charge in [0.15, 0.2) is 0 Å². The fraction of sp³-hybridized carbons (Fsp3) is 0.154. The van der Waals surface area contributed by atoms with Gasteiger partial charge in [-0.25, -0.2) is 4.79 Å². The molecule has 1 heterocycles. The van der Waals surface area contributed by atoms with E-state index < -0.39 is 16.8 Å². The molecule has 0 aliphatic carbocycles. The molecule has 35 heavy (non-hydrogen) atoms. The smallest absolute Gasteiger partial charge is 0.343 e. The van der Waals surface area contributed by atoms with Gasteiger partial charge in [-0.1, -0.05) is 25.1 Å². The Kier molecular flexibility index (Phi) is 6.64. The summed E-state index contributed by atoms with van der Waals surface area (Å²) in [5.74, 6) is -0.211. The molecule has 0 saturated carbocycles. The Morgan fingerprint density at radius 2 is 1.89 bits per heavy atom. The van der Waals surface area contributed by atoms with Gasteiger partial charge in [0.2, 0.25) is 5.88 Å². The number of ether oxygens (including phenoxy) is 3. The quantitative estimate of drug-likeness (QED) is 0.224. The highest BCUT2D eigenvalue weighted by molar-refractivity contribution is 5.91. The minimum Gasteiger partial charge on any atom is -0.494 e. The predicted molar refractivity (Wildman–Crippen MR) is 126 cm³/mol. The lowest BCUT2D eigenvalue weighted by Gasteiger charge is -2.26. The first-order valence-electron chi connectivity index (χ1n) is 10.8. The number of nitriles is 1. The van der Waals surface area contributed by atoms with E-state index in [9.17, 15) is 20.2 Å². The molecule has 1 atom stereocenters. The van der Waals surface area contributed by atoms with Crippen LogP contribution in [0.2, 0.25) is 0 Å². The van der Waals surface area contributed by atoms with E-state index >= 15 is 0 Å². The van der Waals surface area contributed by atoms with Gasteiger partial charge in [-0.05, 0) is 42.3 Å². The Balaban J connectivity index is 1.61. The number of benzene rings is 3. The highest BCUT2D eigenvalue weighted by atomic mass is 16.6. The Labute approximate surface area is 201 Å². The topological polar surface area (TPSA) is 138 Å². The number of nitrogens with zero attached hydrogens (tertiary/aromatic N) is 2. The number of rotatable bonds is 7. The average Bonchev–Trinajstić information content (AvgIpc) is 2.86. The third-order valence-electron chi connectivity index (χ3n) is 5.38. The third-order valence-corrected chi connectivity index (χ3v) is 5.38. The largest absolute Gasteiger partial charge is 0.494 e. The van der Waals surface area contributed by atoms with Crippen molar-refractivity contribution in [2.75, 3.05) is 6.61 Å². The van der Waals surface area contributed by atoms with Crippen LogP contribution in [0.3, 0.4) is 0 Å². The van der Waals surface area contributed by atoms with Crippen molar-refractivity contribution in [1.29, 1.82) is 5.26 Å². The maximum Gasteiger partial charge on any atom is 0.343 e. The molecule has 176 valence electrons. The van der Waals surface area contributed by atoms with Crippen LogP contribution < -0.4 is 19.9 Å². The van der Waals surface area contributed by atoms with Crippen LogP contribution in [0.25, 0.3) is 0 Å². The van der Waals surface area contributed by atoms with Crippen LogP contribution in [0.4, 0.5) is 5.69 Å². The van der Waals surface area contributed by atoms with Gasteiger partial charge in [0.05, 0.1) is 23.0 Å². The van der Waals surface area contributed by atoms with Crippen LogP contribution in [-0.2, 0) is 0 Å². The first kappa shape index (κ1) is 23.3. The van der Waals surface area contributed by atoms with Crippen LogP contribution in [0.15, 0.2) is 78.2 Å². The predicted octanol–water partition coefficient (Wildman–Crippen LogP) is 4.82. The number of nitro benzene ring substituents is 1. The van der Waals surface area contributed by atoms with E-state index in [1.54, 1.807) is 48.5 Å². The van der Waals surface area contributed by atoms with Gasteiger partial charge in [-0.15, -0.1) is 0 Å². The number of nitro groups is 1. The van der Waals surface area contributed by atoms with Crippen LogP contribution in [0, 0.1) is 21.4 Å².